The van der Waals surface area contributed by atoms with Gasteiger partial charge in [0.2, 0.25) is 0 Å². The van der Waals surface area contributed by atoms with Gasteiger partial charge >= 0.3 is 5.97 Å². The summed E-state index contributed by atoms with van der Waals surface area (Å²) in [5, 5.41) is 1.79. The molecule has 0 N–H and O–H groups in total. The molecule has 0 fully saturated rings. The van der Waals surface area contributed by atoms with Crippen LogP contribution in [0.25, 0.3) is 0 Å². The molecule has 0 atom stereocenters. The summed E-state index contributed by atoms with van der Waals surface area (Å²) in [6.45, 7) is -0.512. The van der Waals surface area contributed by atoms with E-state index in [-0.39, 0.29) is 22.6 Å². The van der Waals surface area contributed by atoms with Crippen LogP contribution in [0.4, 0.5) is 5.69 Å². The van der Waals surface area contributed by atoms with Crippen molar-refractivity contribution in [3.8, 4) is 0 Å². The molecule has 0 saturated carbocycles. The molecular formula is C22H16N2O5S. The van der Waals surface area contributed by atoms with E-state index in [0.29, 0.717) is 10.6 Å². The topological polar surface area (TPSA) is 84.0 Å². The fourth-order valence-electron chi connectivity index (χ4n) is 3.17. The second-order valence-corrected chi connectivity index (χ2v) is 7.45. The largest absolute Gasteiger partial charge is 0.440 e. The highest BCUT2D eigenvalue weighted by molar-refractivity contribution is 7.12. The summed E-state index contributed by atoms with van der Waals surface area (Å²) < 4.78 is 5.26. The Morgan fingerprint density at radius 2 is 1.57 bits per heavy atom. The fourth-order valence-corrected chi connectivity index (χ4v) is 3.87. The van der Waals surface area contributed by atoms with Crippen LogP contribution in [0.3, 0.4) is 0 Å². The Hall–Kier alpha value is -3.78. The molecular weight excluding hydrogens is 404 g/mol. The molecule has 1 aliphatic heterocycles. The number of amides is 3. The molecule has 2 aromatic carbocycles. The minimum atomic E-state index is -0.743. The number of esters is 1. The Morgan fingerprint density at radius 1 is 0.933 bits per heavy atom. The lowest BCUT2D eigenvalue weighted by molar-refractivity contribution is 0.0229. The predicted octanol–water partition coefficient (Wildman–Crippen LogP) is 3.44. The van der Waals surface area contributed by atoms with E-state index in [0.717, 1.165) is 4.90 Å². The molecule has 30 heavy (non-hydrogen) atoms. The molecule has 0 spiro atoms. The molecule has 2 heterocycles. The summed E-state index contributed by atoms with van der Waals surface area (Å²) in [7, 11) is 1.57. The lowest BCUT2D eigenvalue weighted by atomic mass is 10.1. The van der Waals surface area contributed by atoms with Gasteiger partial charge in [-0.15, -0.1) is 11.3 Å². The minimum Gasteiger partial charge on any atom is -0.440 e. The smallest absolute Gasteiger partial charge is 0.342 e. The first-order chi connectivity index (χ1) is 14.5. The van der Waals surface area contributed by atoms with Crippen LogP contribution in [0.1, 0.15) is 40.7 Å². The average Bonchev–Trinajstić information content (AvgIpc) is 3.39. The maximum absolute atomic E-state index is 12.7. The van der Waals surface area contributed by atoms with E-state index in [4.69, 9.17) is 4.74 Å². The highest BCUT2D eigenvalue weighted by atomic mass is 32.1. The molecule has 3 amide bonds. The highest BCUT2D eigenvalue weighted by Crippen LogP contribution is 2.25. The van der Waals surface area contributed by atoms with Gasteiger partial charge in [0, 0.05) is 7.05 Å². The number of hydrogen-bond donors (Lipinski definition) is 0. The van der Waals surface area contributed by atoms with Crippen molar-refractivity contribution in [2.75, 3.05) is 18.7 Å². The van der Waals surface area contributed by atoms with Crippen LogP contribution >= 0.6 is 11.3 Å². The number of nitrogens with zero attached hydrogens (tertiary/aromatic N) is 2. The average molecular weight is 420 g/mol. The number of thiophene rings is 1. The number of anilines is 1. The number of carbonyl (C=O) groups excluding carboxylic acids is 4. The van der Waals surface area contributed by atoms with Crippen LogP contribution < -0.4 is 4.90 Å². The molecule has 150 valence electrons. The summed E-state index contributed by atoms with van der Waals surface area (Å²) >= 11 is 1.30. The highest BCUT2D eigenvalue weighted by Gasteiger charge is 2.36. The van der Waals surface area contributed by atoms with E-state index in [9.17, 15) is 19.2 Å². The van der Waals surface area contributed by atoms with Crippen molar-refractivity contribution in [2.24, 2.45) is 0 Å². The summed E-state index contributed by atoms with van der Waals surface area (Å²) in [5.41, 5.74) is 1.07. The molecule has 0 aliphatic carbocycles. The zero-order valence-electron chi connectivity index (χ0n) is 15.9. The molecule has 8 heteroatoms. The third-order valence-corrected chi connectivity index (χ3v) is 5.58. The van der Waals surface area contributed by atoms with Crippen LogP contribution in [-0.4, -0.2) is 42.4 Å². The maximum Gasteiger partial charge on any atom is 0.342 e. The van der Waals surface area contributed by atoms with Gasteiger partial charge in [-0.05, 0) is 35.7 Å². The van der Waals surface area contributed by atoms with Crippen LogP contribution in [-0.2, 0) is 4.74 Å². The third kappa shape index (κ3) is 3.37. The number of ether oxygens (including phenoxy) is 1. The van der Waals surface area contributed by atoms with Gasteiger partial charge in [-0.2, -0.15) is 0 Å². The monoisotopic (exact) mass is 420 g/mol. The van der Waals surface area contributed by atoms with E-state index >= 15 is 0 Å². The van der Waals surface area contributed by atoms with E-state index in [1.807, 2.05) is 0 Å². The Bertz CT molecular complexity index is 1120. The van der Waals surface area contributed by atoms with Gasteiger partial charge in [0.1, 0.15) is 0 Å². The van der Waals surface area contributed by atoms with Crippen molar-refractivity contribution in [3.05, 3.63) is 87.6 Å². The second-order valence-electron chi connectivity index (χ2n) is 6.50. The zero-order chi connectivity index (χ0) is 21.3. The van der Waals surface area contributed by atoms with E-state index < -0.39 is 24.5 Å². The molecule has 0 radical (unpaired) electrons. The normalized spacial score (nSPS) is 12.6. The Balaban J connectivity index is 1.51. The molecule has 0 saturated heterocycles. The lowest BCUT2D eigenvalue weighted by Crippen LogP contribution is -2.33. The van der Waals surface area contributed by atoms with Crippen LogP contribution in [0.5, 0.6) is 0 Å². The van der Waals surface area contributed by atoms with Gasteiger partial charge < -0.3 is 9.64 Å². The van der Waals surface area contributed by atoms with Gasteiger partial charge in [0.15, 0.2) is 6.73 Å². The van der Waals surface area contributed by atoms with Gasteiger partial charge in [-0.3, -0.25) is 14.4 Å². The van der Waals surface area contributed by atoms with Crippen molar-refractivity contribution < 1.29 is 23.9 Å². The number of hydrogen-bond acceptors (Lipinski definition) is 6. The number of para-hydroxylation sites is 1. The van der Waals surface area contributed by atoms with E-state index in [2.05, 4.69) is 0 Å². The number of rotatable bonds is 5. The number of benzene rings is 2. The van der Waals surface area contributed by atoms with Crippen molar-refractivity contribution in [3.63, 3.8) is 0 Å². The number of imide groups is 1. The SMILES string of the molecule is CN(C(=O)c1cccs1)c1ccccc1C(=O)OCN1C(=O)c2ccccc2C1=O. The number of fused-ring (bicyclic) bond motifs is 1. The fraction of sp³-hybridized carbons (Fsp3) is 0.0909. The van der Waals surface area contributed by atoms with Gasteiger partial charge in [0.25, 0.3) is 17.7 Å². The quantitative estimate of drug-likeness (QED) is 0.466. The third-order valence-electron chi connectivity index (χ3n) is 4.72. The Morgan fingerprint density at radius 3 is 2.20 bits per heavy atom. The van der Waals surface area contributed by atoms with Crippen molar-refractivity contribution in [1.29, 1.82) is 0 Å². The molecule has 7 nitrogen and oxygen atoms in total. The molecule has 4 rings (SSSR count). The summed E-state index contributed by atoms with van der Waals surface area (Å²) in [6.07, 6.45) is 0. The summed E-state index contributed by atoms with van der Waals surface area (Å²) in [5.74, 6) is -2.03. The van der Waals surface area contributed by atoms with Crippen LogP contribution in [0, 0.1) is 0 Å². The van der Waals surface area contributed by atoms with Gasteiger partial charge in [-0.25, -0.2) is 9.69 Å². The van der Waals surface area contributed by atoms with E-state index in [1.54, 1.807) is 67.0 Å². The first-order valence-electron chi connectivity index (χ1n) is 9.02. The van der Waals surface area contributed by atoms with Gasteiger partial charge in [-0.1, -0.05) is 30.3 Å². The van der Waals surface area contributed by atoms with Crippen LogP contribution in [0.15, 0.2) is 66.0 Å². The summed E-state index contributed by atoms with van der Waals surface area (Å²) in [4.78, 5) is 53.0. The minimum absolute atomic E-state index is 0.154. The molecule has 0 bridgehead atoms. The molecule has 3 aromatic rings. The zero-order valence-corrected chi connectivity index (χ0v) is 16.7. The van der Waals surface area contributed by atoms with Crippen LogP contribution in [0.2, 0.25) is 0 Å². The number of carbonyl (C=O) groups is 4. The van der Waals surface area contributed by atoms with Crippen molar-refractivity contribution in [1.82, 2.24) is 4.90 Å². The summed E-state index contributed by atoms with van der Waals surface area (Å²) in [6, 6.07) is 16.4. The first-order valence-corrected chi connectivity index (χ1v) is 9.90. The van der Waals surface area contributed by atoms with Crippen molar-refractivity contribution >= 4 is 40.7 Å². The van der Waals surface area contributed by atoms with E-state index in [1.165, 1.54) is 22.3 Å². The lowest BCUT2D eigenvalue weighted by Gasteiger charge is -2.20. The maximum atomic E-state index is 12.7. The van der Waals surface area contributed by atoms with Crippen molar-refractivity contribution in [2.45, 2.75) is 0 Å². The Labute approximate surface area is 176 Å². The standard InChI is InChI=1S/C22H16N2O5S/c1-23(21(27)18-11-6-12-30-18)17-10-5-4-9-16(17)22(28)29-13-24-19(25)14-7-2-3-8-15(14)20(24)26/h2-12H,13H2,1H3. The second kappa shape index (κ2) is 7.92. The predicted molar refractivity (Wildman–Crippen MR) is 111 cm³/mol. The van der Waals surface area contributed by atoms with Gasteiger partial charge in [0.05, 0.1) is 27.3 Å². The molecule has 1 aliphatic rings. The Kier molecular flexibility index (Phi) is 5.16. The first kappa shape index (κ1) is 19.5. The molecule has 1 aromatic heterocycles. The molecule has 0 unspecified atom stereocenters.